The van der Waals surface area contributed by atoms with Crippen LogP contribution in [0.1, 0.15) is 25.7 Å². The minimum Gasteiger partial charge on any atom is -0.201 e. The molecule has 76 valence electrons. The summed E-state index contributed by atoms with van der Waals surface area (Å²) in [6, 6.07) is 0. The molecule has 0 radical (unpaired) electrons. The third kappa shape index (κ3) is 3.42. The fourth-order valence-corrected chi connectivity index (χ4v) is 3.93. The van der Waals surface area contributed by atoms with E-state index in [-0.39, 0.29) is 0 Å². The maximum Gasteiger partial charge on any atom is 0.0298 e. The van der Waals surface area contributed by atoms with E-state index in [1.54, 1.807) is 0 Å². The summed E-state index contributed by atoms with van der Waals surface area (Å²) in [7, 11) is 1.78. The number of nitrogens with zero attached hydrogens (tertiary/aromatic N) is 2. The SMILES string of the molecule is C1CCN(ON2CCCCP2)PC1. The second-order valence-electron chi connectivity index (χ2n) is 3.52. The van der Waals surface area contributed by atoms with E-state index in [2.05, 4.69) is 9.67 Å². The van der Waals surface area contributed by atoms with Crippen LogP contribution in [0.15, 0.2) is 0 Å². The predicted octanol–water partition coefficient (Wildman–Crippen LogP) is 2.21. The van der Waals surface area contributed by atoms with E-state index >= 15 is 0 Å². The molecule has 2 unspecified atom stereocenters. The van der Waals surface area contributed by atoms with Gasteiger partial charge in [0.1, 0.15) is 0 Å². The molecular weight excluding hydrogens is 202 g/mol. The van der Waals surface area contributed by atoms with Crippen molar-refractivity contribution in [2.75, 3.05) is 25.4 Å². The van der Waals surface area contributed by atoms with Gasteiger partial charge in [0.05, 0.1) is 0 Å². The first-order chi connectivity index (χ1) is 6.45. The van der Waals surface area contributed by atoms with Crippen LogP contribution < -0.4 is 0 Å². The molecule has 2 aliphatic heterocycles. The van der Waals surface area contributed by atoms with Crippen LogP contribution in [0.2, 0.25) is 0 Å². The minimum absolute atomic E-state index is 0.891. The summed E-state index contributed by atoms with van der Waals surface area (Å²) in [5, 5.41) is 0. The molecule has 0 aromatic carbocycles. The van der Waals surface area contributed by atoms with Crippen molar-refractivity contribution < 1.29 is 4.94 Å². The second kappa shape index (κ2) is 5.58. The molecule has 0 saturated carbocycles. The molecule has 0 aromatic rings. The minimum atomic E-state index is 0.891. The van der Waals surface area contributed by atoms with Crippen molar-refractivity contribution in [2.24, 2.45) is 0 Å². The van der Waals surface area contributed by atoms with Gasteiger partial charge < -0.3 is 0 Å². The van der Waals surface area contributed by atoms with Crippen LogP contribution >= 0.6 is 17.5 Å². The molecule has 3 nitrogen and oxygen atoms in total. The summed E-state index contributed by atoms with van der Waals surface area (Å²) >= 11 is 0. The van der Waals surface area contributed by atoms with Gasteiger partial charge in [-0.25, -0.2) is 4.94 Å². The summed E-state index contributed by atoms with van der Waals surface area (Å²) < 4.78 is 0. The highest BCUT2D eigenvalue weighted by atomic mass is 31.1. The molecule has 0 N–H and O–H groups in total. The Labute approximate surface area is 83.8 Å². The molecule has 2 fully saturated rings. The normalized spacial score (nSPS) is 31.4. The maximum atomic E-state index is 5.82. The van der Waals surface area contributed by atoms with E-state index in [4.69, 9.17) is 4.94 Å². The van der Waals surface area contributed by atoms with Crippen LogP contribution in [0.3, 0.4) is 0 Å². The first-order valence-electron chi connectivity index (χ1n) is 5.15. The van der Waals surface area contributed by atoms with Crippen LogP contribution in [0.4, 0.5) is 0 Å². The zero-order chi connectivity index (χ0) is 8.93. The Hall–Kier alpha value is 0.740. The van der Waals surface area contributed by atoms with Crippen LogP contribution in [-0.2, 0) is 4.94 Å². The molecule has 13 heavy (non-hydrogen) atoms. The third-order valence-electron chi connectivity index (χ3n) is 2.35. The molecular formula is C8H18N2OP2. The summed E-state index contributed by atoms with van der Waals surface area (Å²) in [4.78, 5) is 10.2. The van der Waals surface area contributed by atoms with Crippen LogP contribution in [0.25, 0.3) is 0 Å². The van der Waals surface area contributed by atoms with Gasteiger partial charge in [-0.2, -0.15) is 9.67 Å². The van der Waals surface area contributed by atoms with Crippen molar-refractivity contribution in [1.29, 1.82) is 0 Å². The summed E-state index contributed by atoms with van der Waals surface area (Å²) in [5.41, 5.74) is 0. The highest BCUT2D eigenvalue weighted by molar-refractivity contribution is 7.35. The zero-order valence-corrected chi connectivity index (χ0v) is 9.96. The van der Waals surface area contributed by atoms with E-state index in [0.717, 1.165) is 30.6 Å². The number of hydroxylamine groups is 2. The molecule has 0 aliphatic carbocycles. The van der Waals surface area contributed by atoms with Crippen molar-refractivity contribution in [3.63, 3.8) is 0 Å². The van der Waals surface area contributed by atoms with Gasteiger partial charge in [-0.1, -0.05) is 0 Å². The molecule has 2 aliphatic rings. The van der Waals surface area contributed by atoms with Gasteiger partial charge in [0.2, 0.25) is 0 Å². The summed E-state index contributed by atoms with van der Waals surface area (Å²) in [6.07, 6.45) is 8.06. The average molecular weight is 220 g/mol. The van der Waals surface area contributed by atoms with Gasteiger partial charge in [0.15, 0.2) is 0 Å². The Balaban J connectivity index is 1.69. The Morgan fingerprint density at radius 1 is 0.769 bits per heavy atom. The van der Waals surface area contributed by atoms with E-state index in [1.807, 2.05) is 0 Å². The topological polar surface area (TPSA) is 15.7 Å². The fraction of sp³-hybridized carbons (Fsp3) is 1.00. The highest BCUT2D eigenvalue weighted by Gasteiger charge is 2.17. The molecule has 0 bridgehead atoms. The van der Waals surface area contributed by atoms with Gasteiger partial charge in [0, 0.05) is 13.1 Å². The lowest BCUT2D eigenvalue weighted by Gasteiger charge is -2.32. The van der Waals surface area contributed by atoms with Crippen LogP contribution in [0.5, 0.6) is 0 Å². The van der Waals surface area contributed by atoms with Gasteiger partial charge in [-0.05, 0) is 55.5 Å². The lowest BCUT2D eigenvalue weighted by Crippen LogP contribution is -2.30. The van der Waals surface area contributed by atoms with E-state index in [0.29, 0.717) is 0 Å². The first-order valence-corrected chi connectivity index (χ1v) is 7.46. The van der Waals surface area contributed by atoms with Gasteiger partial charge in [-0.3, -0.25) is 0 Å². The third-order valence-corrected chi connectivity index (χ3v) is 4.82. The van der Waals surface area contributed by atoms with Crippen LogP contribution in [-0.4, -0.2) is 35.1 Å². The fourth-order valence-electron chi connectivity index (χ4n) is 1.58. The lowest BCUT2D eigenvalue weighted by atomic mass is 10.3. The standard InChI is InChI=1S/C8H18N2OP2/c1-3-7-12-9(5-1)11-10-6-2-4-8-13-10/h12-13H,1-8H2. The van der Waals surface area contributed by atoms with Crippen molar-refractivity contribution >= 4 is 17.5 Å². The molecule has 2 rings (SSSR count). The molecule has 2 heterocycles. The largest absolute Gasteiger partial charge is 0.201 e. The van der Waals surface area contributed by atoms with Gasteiger partial charge >= 0.3 is 0 Å². The quantitative estimate of drug-likeness (QED) is 0.663. The Morgan fingerprint density at radius 2 is 1.31 bits per heavy atom. The molecule has 2 atom stereocenters. The number of hydrogen-bond donors (Lipinski definition) is 0. The molecule has 2 saturated heterocycles. The number of rotatable bonds is 2. The Bertz CT molecular complexity index is 131. The predicted molar refractivity (Wildman–Crippen MR) is 59.3 cm³/mol. The smallest absolute Gasteiger partial charge is 0.0298 e. The highest BCUT2D eigenvalue weighted by Crippen LogP contribution is 2.32. The van der Waals surface area contributed by atoms with Crippen LogP contribution in [0, 0.1) is 0 Å². The molecule has 0 spiro atoms. The van der Waals surface area contributed by atoms with E-state index in [9.17, 15) is 0 Å². The number of hydrogen-bond acceptors (Lipinski definition) is 3. The maximum absolute atomic E-state index is 5.82. The van der Waals surface area contributed by atoms with Gasteiger partial charge in [0.25, 0.3) is 0 Å². The summed E-state index contributed by atoms with van der Waals surface area (Å²) in [5.74, 6) is 0. The van der Waals surface area contributed by atoms with E-state index < -0.39 is 0 Å². The summed E-state index contributed by atoms with van der Waals surface area (Å²) in [6.45, 7) is 2.28. The van der Waals surface area contributed by atoms with Crippen molar-refractivity contribution in [3.8, 4) is 0 Å². The second-order valence-corrected chi connectivity index (χ2v) is 6.15. The lowest BCUT2D eigenvalue weighted by molar-refractivity contribution is -0.229. The zero-order valence-electron chi connectivity index (χ0n) is 7.96. The van der Waals surface area contributed by atoms with Crippen molar-refractivity contribution in [2.45, 2.75) is 25.7 Å². The molecule has 0 amide bonds. The molecule has 0 aromatic heterocycles. The van der Waals surface area contributed by atoms with Crippen molar-refractivity contribution in [1.82, 2.24) is 9.67 Å². The Kier molecular flexibility index (Phi) is 4.41. The first kappa shape index (κ1) is 10.3. The van der Waals surface area contributed by atoms with E-state index in [1.165, 1.54) is 38.0 Å². The van der Waals surface area contributed by atoms with Gasteiger partial charge in [-0.15, -0.1) is 0 Å². The monoisotopic (exact) mass is 220 g/mol. The molecule has 5 heteroatoms. The Morgan fingerprint density at radius 3 is 1.69 bits per heavy atom. The average Bonchev–Trinajstić information content (AvgIpc) is 2.21. The van der Waals surface area contributed by atoms with Crippen molar-refractivity contribution in [3.05, 3.63) is 0 Å².